The van der Waals surface area contributed by atoms with E-state index >= 15 is 0 Å². The van der Waals surface area contributed by atoms with E-state index in [-0.39, 0.29) is 12.0 Å². The number of allylic oxidation sites excluding steroid dienone is 2. The van der Waals surface area contributed by atoms with Crippen LogP contribution in [0.25, 0.3) is 0 Å². The van der Waals surface area contributed by atoms with Crippen LogP contribution in [0, 0.1) is 0 Å². The van der Waals surface area contributed by atoms with Crippen molar-refractivity contribution < 1.29 is 19.7 Å². The number of ether oxygens (including phenoxy) is 1. The van der Waals surface area contributed by atoms with Crippen LogP contribution < -0.4 is 0 Å². The molecule has 0 bridgehead atoms. The van der Waals surface area contributed by atoms with Crippen molar-refractivity contribution in [2.24, 2.45) is 0 Å². The number of carbonyl (C=O) groups is 1. The largest absolute Gasteiger partial charge is 0.502 e. The Balaban J connectivity index is 4.25. The standard InChI is InChI=1S/C7H10O4/c1-2-3-11-7(5-9)6(10)4-8/h2-4,9-10H,5H2,1H3/b3-2-,7-6+. The number of carbonyl (C=O) groups excluding carboxylic acids is 1. The molecule has 0 unspecified atom stereocenters. The third-order valence-electron chi connectivity index (χ3n) is 0.887. The topological polar surface area (TPSA) is 66.8 Å². The third kappa shape index (κ3) is 3.42. The summed E-state index contributed by atoms with van der Waals surface area (Å²) in [6.45, 7) is 1.20. The highest BCUT2D eigenvalue weighted by molar-refractivity contribution is 5.70. The molecule has 4 heteroatoms. The van der Waals surface area contributed by atoms with Gasteiger partial charge in [0.15, 0.2) is 17.8 Å². The van der Waals surface area contributed by atoms with E-state index < -0.39 is 12.4 Å². The highest BCUT2D eigenvalue weighted by Crippen LogP contribution is 2.00. The van der Waals surface area contributed by atoms with Crippen LogP contribution in [0.4, 0.5) is 0 Å². The van der Waals surface area contributed by atoms with Gasteiger partial charge in [-0.1, -0.05) is 6.08 Å². The molecule has 0 atom stereocenters. The highest BCUT2D eigenvalue weighted by Gasteiger charge is 2.02. The van der Waals surface area contributed by atoms with Crippen LogP contribution in [0.5, 0.6) is 0 Å². The molecule has 0 fully saturated rings. The summed E-state index contributed by atoms with van der Waals surface area (Å²) in [6.07, 6.45) is 3.02. The summed E-state index contributed by atoms with van der Waals surface area (Å²) in [5.41, 5.74) is 0. The molecule has 0 aromatic heterocycles. The van der Waals surface area contributed by atoms with Gasteiger partial charge in [0.1, 0.15) is 6.61 Å². The molecule has 0 aromatic carbocycles. The second kappa shape index (κ2) is 5.49. The van der Waals surface area contributed by atoms with Crippen molar-refractivity contribution in [1.29, 1.82) is 0 Å². The predicted molar refractivity (Wildman–Crippen MR) is 38.7 cm³/mol. The summed E-state index contributed by atoms with van der Waals surface area (Å²) >= 11 is 0. The summed E-state index contributed by atoms with van der Waals surface area (Å²) in [4.78, 5) is 9.95. The molecule has 11 heavy (non-hydrogen) atoms. The first kappa shape index (κ1) is 9.71. The van der Waals surface area contributed by atoms with Gasteiger partial charge in [0.2, 0.25) is 0 Å². The first-order chi connectivity index (χ1) is 5.26. The molecule has 2 N–H and O–H groups in total. The maximum Gasteiger partial charge on any atom is 0.197 e. The molecule has 0 heterocycles. The van der Waals surface area contributed by atoms with Crippen molar-refractivity contribution in [2.75, 3.05) is 6.61 Å². The Labute approximate surface area is 64.4 Å². The number of aliphatic hydroxyl groups excluding tert-OH is 2. The fourth-order valence-corrected chi connectivity index (χ4v) is 0.395. The molecular weight excluding hydrogens is 148 g/mol. The van der Waals surface area contributed by atoms with Gasteiger partial charge in [-0.2, -0.15) is 0 Å². The second-order valence-electron chi connectivity index (χ2n) is 1.67. The van der Waals surface area contributed by atoms with Gasteiger partial charge >= 0.3 is 0 Å². The minimum atomic E-state index is -0.592. The summed E-state index contributed by atoms with van der Waals surface area (Å²) in [7, 11) is 0. The van der Waals surface area contributed by atoms with Gasteiger partial charge in [-0.3, -0.25) is 4.79 Å². The van der Waals surface area contributed by atoms with Gasteiger partial charge in [0, 0.05) is 0 Å². The Bertz CT molecular complexity index is 181. The zero-order chi connectivity index (χ0) is 8.69. The number of aliphatic hydroxyl groups is 2. The molecule has 0 aliphatic heterocycles. The minimum absolute atomic E-state index is 0.155. The van der Waals surface area contributed by atoms with Crippen molar-refractivity contribution in [3.63, 3.8) is 0 Å². The van der Waals surface area contributed by atoms with E-state index in [9.17, 15) is 4.79 Å². The van der Waals surface area contributed by atoms with E-state index in [1.54, 1.807) is 13.0 Å². The zero-order valence-corrected chi connectivity index (χ0v) is 6.15. The van der Waals surface area contributed by atoms with Crippen molar-refractivity contribution in [1.82, 2.24) is 0 Å². The average molecular weight is 158 g/mol. The van der Waals surface area contributed by atoms with E-state index in [0.29, 0.717) is 0 Å². The Kier molecular flexibility index (Phi) is 4.85. The van der Waals surface area contributed by atoms with Gasteiger partial charge in [-0.05, 0) is 6.92 Å². The number of hydrogen-bond acceptors (Lipinski definition) is 4. The first-order valence-corrected chi connectivity index (χ1v) is 3.02. The molecule has 0 saturated carbocycles. The molecule has 0 saturated heterocycles. The van der Waals surface area contributed by atoms with Crippen molar-refractivity contribution in [2.45, 2.75) is 6.92 Å². The maximum atomic E-state index is 9.95. The first-order valence-electron chi connectivity index (χ1n) is 3.02. The second-order valence-corrected chi connectivity index (χ2v) is 1.67. The smallest absolute Gasteiger partial charge is 0.197 e. The molecule has 0 radical (unpaired) electrons. The molecular formula is C7H10O4. The average Bonchev–Trinajstić information content (AvgIpc) is 2.05. The number of aldehydes is 1. The van der Waals surface area contributed by atoms with E-state index in [1.165, 1.54) is 6.26 Å². The molecule has 0 aliphatic rings. The lowest BCUT2D eigenvalue weighted by atomic mass is 10.4. The normalized spacial score (nSPS) is 12.9. The summed E-state index contributed by atoms with van der Waals surface area (Å²) in [6, 6.07) is 0. The molecule has 0 rings (SSSR count). The third-order valence-corrected chi connectivity index (χ3v) is 0.887. The monoisotopic (exact) mass is 158 g/mol. The van der Waals surface area contributed by atoms with Crippen LogP contribution >= 0.6 is 0 Å². The van der Waals surface area contributed by atoms with Gasteiger partial charge in [0.05, 0.1) is 6.26 Å². The van der Waals surface area contributed by atoms with Gasteiger partial charge in [0.25, 0.3) is 0 Å². The van der Waals surface area contributed by atoms with Gasteiger partial charge in [-0.15, -0.1) is 0 Å². The van der Waals surface area contributed by atoms with Crippen LogP contribution in [-0.4, -0.2) is 23.1 Å². The minimum Gasteiger partial charge on any atom is -0.502 e. The Hall–Kier alpha value is -1.29. The van der Waals surface area contributed by atoms with Crippen molar-refractivity contribution in [3.8, 4) is 0 Å². The van der Waals surface area contributed by atoms with Crippen LogP contribution in [0.3, 0.4) is 0 Å². The summed E-state index contributed by atoms with van der Waals surface area (Å²) in [5, 5.41) is 17.3. The molecule has 0 amide bonds. The molecule has 4 nitrogen and oxygen atoms in total. The Morgan fingerprint density at radius 1 is 1.64 bits per heavy atom. The van der Waals surface area contributed by atoms with Crippen LogP contribution in [0.2, 0.25) is 0 Å². The van der Waals surface area contributed by atoms with Crippen LogP contribution in [-0.2, 0) is 9.53 Å². The van der Waals surface area contributed by atoms with Crippen molar-refractivity contribution >= 4 is 6.29 Å². The SMILES string of the molecule is C/C=C\O/C(CO)=C(/O)C=O. The quantitative estimate of drug-likeness (QED) is 0.355. The number of rotatable bonds is 4. The van der Waals surface area contributed by atoms with E-state index in [2.05, 4.69) is 4.74 Å². The Morgan fingerprint density at radius 3 is 2.64 bits per heavy atom. The lowest BCUT2D eigenvalue weighted by molar-refractivity contribution is -0.107. The van der Waals surface area contributed by atoms with E-state index in [0.717, 1.165) is 0 Å². The molecule has 0 aromatic rings. The summed E-state index contributed by atoms with van der Waals surface area (Å²) < 4.78 is 4.66. The number of hydrogen-bond donors (Lipinski definition) is 2. The van der Waals surface area contributed by atoms with Crippen molar-refractivity contribution in [3.05, 3.63) is 23.9 Å². The van der Waals surface area contributed by atoms with Crippen LogP contribution in [0.1, 0.15) is 6.92 Å². The van der Waals surface area contributed by atoms with Crippen LogP contribution in [0.15, 0.2) is 23.9 Å². The fraction of sp³-hybridized carbons (Fsp3) is 0.286. The van der Waals surface area contributed by atoms with E-state index in [4.69, 9.17) is 10.2 Å². The highest BCUT2D eigenvalue weighted by atomic mass is 16.5. The molecule has 62 valence electrons. The predicted octanol–water partition coefficient (Wildman–Crippen LogP) is 0.497. The zero-order valence-electron chi connectivity index (χ0n) is 6.15. The lowest BCUT2D eigenvalue weighted by Gasteiger charge is -2.01. The Morgan fingerprint density at radius 2 is 2.27 bits per heavy atom. The lowest BCUT2D eigenvalue weighted by Crippen LogP contribution is -1.99. The fourth-order valence-electron chi connectivity index (χ4n) is 0.395. The van der Waals surface area contributed by atoms with Gasteiger partial charge in [-0.25, -0.2) is 0 Å². The molecule has 0 aliphatic carbocycles. The molecule has 0 spiro atoms. The van der Waals surface area contributed by atoms with Gasteiger partial charge < -0.3 is 14.9 Å². The maximum absolute atomic E-state index is 9.95. The summed E-state index contributed by atoms with van der Waals surface area (Å²) in [5.74, 6) is -0.747. The van der Waals surface area contributed by atoms with E-state index in [1.807, 2.05) is 0 Å².